The highest BCUT2D eigenvalue weighted by molar-refractivity contribution is 5.84. The molecule has 19 heavy (non-hydrogen) atoms. The van der Waals surface area contributed by atoms with Crippen molar-refractivity contribution in [3.05, 3.63) is 36.0 Å². The third-order valence-electron chi connectivity index (χ3n) is 2.99. The molecule has 0 spiro atoms. The van der Waals surface area contributed by atoms with Crippen molar-refractivity contribution in [2.45, 2.75) is 19.4 Å². The first-order valence-corrected chi connectivity index (χ1v) is 6.30. The van der Waals surface area contributed by atoms with E-state index in [-0.39, 0.29) is 6.04 Å². The highest BCUT2D eigenvalue weighted by Crippen LogP contribution is 2.24. The molecule has 0 aliphatic carbocycles. The lowest BCUT2D eigenvalue weighted by Crippen LogP contribution is -2.25. The van der Waals surface area contributed by atoms with Crippen molar-refractivity contribution in [1.82, 2.24) is 10.3 Å². The molecule has 0 aliphatic heterocycles. The molecule has 98 valence electrons. The average Bonchev–Trinajstić information content (AvgIpc) is 2.44. The molecule has 0 fully saturated rings. The van der Waals surface area contributed by atoms with E-state index in [2.05, 4.69) is 16.4 Å². The van der Waals surface area contributed by atoms with Crippen LogP contribution in [-0.2, 0) is 0 Å². The van der Waals surface area contributed by atoms with Crippen LogP contribution in [0.5, 0.6) is 5.75 Å². The van der Waals surface area contributed by atoms with Crippen molar-refractivity contribution in [3.8, 4) is 11.8 Å². The van der Waals surface area contributed by atoms with Crippen LogP contribution in [0.4, 0.5) is 0 Å². The molecule has 1 atom stereocenters. The van der Waals surface area contributed by atoms with Gasteiger partial charge in [0.25, 0.3) is 0 Å². The molecule has 0 saturated heterocycles. The number of aryl methyl sites for hydroxylation is 1. The predicted molar refractivity (Wildman–Crippen MR) is 75.1 cm³/mol. The number of benzene rings is 1. The van der Waals surface area contributed by atoms with Crippen LogP contribution in [0, 0.1) is 18.3 Å². The standard InChI is InChI=1S/C15H17N3O/c1-11-6-7-12-4-3-5-14(15(12)18-11)19-9-8-13(10-16)17-2/h3-7,13,17H,8-9H2,1-2H3. The molecule has 2 aromatic rings. The number of rotatable bonds is 5. The zero-order valence-corrected chi connectivity index (χ0v) is 11.2. The Kier molecular flexibility index (Phi) is 4.32. The number of ether oxygens (including phenoxy) is 1. The largest absolute Gasteiger partial charge is 0.491 e. The van der Waals surface area contributed by atoms with E-state index in [1.807, 2.05) is 37.3 Å². The fourth-order valence-corrected chi connectivity index (χ4v) is 1.89. The van der Waals surface area contributed by atoms with Gasteiger partial charge in [0, 0.05) is 17.5 Å². The van der Waals surface area contributed by atoms with E-state index in [4.69, 9.17) is 10.00 Å². The van der Waals surface area contributed by atoms with Gasteiger partial charge in [-0.1, -0.05) is 18.2 Å². The molecule has 2 rings (SSSR count). The average molecular weight is 255 g/mol. The number of nitrogens with one attached hydrogen (secondary N) is 1. The van der Waals surface area contributed by atoms with E-state index in [1.54, 1.807) is 7.05 Å². The molecule has 0 radical (unpaired) electrons. The van der Waals surface area contributed by atoms with Gasteiger partial charge in [0.05, 0.1) is 18.7 Å². The van der Waals surface area contributed by atoms with E-state index in [0.717, 1.165) is 22.3 Å². The predicted octanol–water partition coefficient (Wildman–Crippen LogP) is 2.42. The Balaban J connectivity index is 2.13. The molecule has 1 aromatic carbocycles. The Hall–Kier alpha value is -2.12. The molecule has 4 nitrogen and oxygen atoms in total. The number of para-hydroxylation sites is 1. The summed E-state index contributed by atoms with van der Waals surface area (Å²) < 4.78 is 5.75. The van der Waals surface area contributed by atoms with E-state index in [1.165, 1.54) is 0 Å². The monoisotopic (exact) mass is 255 g/mol. The Morgan fingerprint density at radius 1 is 1.37 bits per heavy atom. The molecular formula is C15H17N3O. The number of aromatic nitrogens is 1. The number of hydrogen-bond acceptors (Lipinski definition) is 4. The van der Waals surface area contributed by atoms with Gasteiger partial charge >= 0.3 is 0 Å². The van der Waals surface area contributed by atoms with Crippen molar-refractivity contribution >= 4 is 10.9 Å². The lowest BCUT2D eigenvalue weighted by molar-refractivity contribution is 0.303. The van der Waals surface area contributed by atoms with Crippen LogP contribution in [0.25, 0.3) is 10.9 Å². The van der Waals surface area contributed by atoms with Gasteiger partial charge in [-0.3, -0.25) is 0 Å². The first kappa shape index (κ1) is 13.3. The van der Waals surface area contributed by atoms with Gasteiger partial charge < -0.3 is 10.1 Å². The number of pyridine rings is 1. The van der Waals surface area contributed by atoms with Gasteiger partial charge in [-0.15, -0.1) is 0 Å². The van der Waals surface area contributed by atoms with Crippen molar-refractivity contribution < 1.29 is 4.74 Å². The molecule has 0 amide bonds. The van der Waals surface area contributed by atoms with Crippen molar-refractivity contribution in [1.29, 1.82) is 5.26 Å². The van der Waals surface area contributed by atoms with Crippen LogP contribution in [-0.4, -0.2) is 24.7 Å². The Morgan fingerprint density at radius 2 is 2.21 bits per heavy atom. The van der Waals surface area contributed by atoms with Gasteiger partial charge in [-0.05, 0) is 26.1 Å². The van der Waals surface area contributed by atoms with Crippen LogP contribution < -0.4 is 10.1 Å². The van der Waals surface area contributed by atoms with Crippen molar-refractivity contribution in [3.63, 3.8) is 0 Å². The minimum atomic E-state index is -0.176. The Labute approximate surface area is 113 Å². The van der Waals surface area contributed by atoms with Crippen molar-refractivity contribution in [2.24, 2.45) is 0 Å². The lowest BCUT2D eigenvalue weighted by atomic mass is 10.2. The van der Waals surface area contributed by atoms with E-state index in [0.29, 0.717) is 13.0 Å². The first-order valence-electron chi connectivity index (χ1n) is 6.30. The summed E-state index contributed by atoms with van der Waals surface area (Å²) in [5, 5.41) is 12.8. The summed E-state index contributed by atoms with van der Waals surface area (Å²) in [5.74, 6) is 0.772. The minimum absolute atomic E-state index is 0.176. The maximum absolute atomic E-state index is 8.85. The molecular weight excluding hydrogens is 238 g/mol. The molecule has 1 unspecified atom stereocenters. The summed E-state index contributed by atoms with van der Waals surface area (Å²) in [7, 11) is 1.77. The third-order valence-corrected chi connectivity index (χ3v) is 2.99. The molecule has 1 aromatic heterocycles. The van der Waals surface area contributed by atoms with E-state index >= 15 is 0 Å². The molecule has 0 saturated carbocycles. The molecule has 0 bridgehead atoms. The number of nitrogens with zero attached hydrogens (tertiary/aromatic N) is 2. The highest BCUT2D eigenvalue weighted by Gasteiger charge is 2.06. The van der Waals surface area contributed by atoms with Crippen LogP contribution >= 0.6 is 0 Å². The summed E-state index contributed by atoms with van der Waals surface area (Å²) in [5.41, 5.74) is 1.84. The molecule has 4 heteroatoms. The second-order valence-electron chi connectivity index (χ2n) is 4.39. The quantitative estimate of drug-likeness (QED) is 0.891. The summed E-state index contributed by atoms with van der Waals surface area (Å²) >= 11 is 0. The Morgan fingerprint density at radius 3 is 2.95 bits per heavy atom. The maximum Gasteiger partial charge on any atom is 0.145 e. The molecule has 1 N–H and O–H groups in total. The van der Waals surface area contributed by atoms with Gasteiger partial charge in [0.1, 0.15) is 11.3 Å². The van der Waals surface area contributed by atoms with E-state index < -0.39 is 0 Å². The minimum Gasteiger partial charge on any atom is -0.491 e. The van der Waals surface area contributed by atoms with Crippen molar-refractivity contribution in [2.75, 3.05) is 13.7 Å². The second-order valence-corrected chi connectivity index (χ2v) is 4.39. The van der Waals surface area contributed by atoms with Gasteiger partial charge in [-0.25, -0.2) is 4.98 Å². The van der Waals surface area contributed by atoms with Crippen LogP contribution in [0.2, 0.25) is 0 Å². The van der Waals surface area contributed by atoms with Crippen LogP contribution in [0.1, 0.15) is 12.1 Å². The van der Waals surface area contributed by atoms with Gasteiger partial charge in [0.2, 0.25) is 0 Å². The Bertz CT molecular complexity index is 604. The van der Waals surface area contributed by atoms with Crippen LogP contribution in [0.3, 0.4) is 0 Å². The summed E-state index contributed by atoms with van der Waals surface area (Å²) in [6, 6.07) is 11.9. The lowest BCUT2D eigenvalue weighted by Gasteiger charge is -2.11. The van der Waals surface area contributed by atoms with E-state index in [9.17, 15) is 0 Å². The topological polar surface area (TPSA) is 57.9 Å². The summed E-state index contributed by atoms with van der Waals surface area (Å²) in [4.78, 5) is 4.51. The second kappa shape index (κ2) is 6.17. The molecule has 0 aliphatic rings. The zero-order chi connectivity index (χ0) is 13.7. The number of hydrogen-bond donors (Lipinski definition) is 1. The zero-order valence-electron chi connectivity index (χ0n) is 11.2. The normalized spacial score (nSPS) is 12.1. The smallest absolute Gasteiger partial charge is 0.145 e. The molecule has 1 heterocycles. The summed E-state index contributed by atoms with van der Waals surface area (Å²) in [6.45, 7) is 2.46. The SMILES string of the molecule is CNC(C#N)CCOc1cccc2ccc(C)nc12. The maximum atomic E-state index is 8.85. The fraction of sp³-hybridized carbons (Fsp3) is 0.333. The van der Waals surface area contributed by atoms with Gasteiger partial charge in [0.15, 0.2) is 0 Å². The first-order chi connectivity index (χ1) is 9.24. The van der Waals surface area contributed by atoms with Gasteiger partial charge in [-0.2, -0.15) is 5.26 Å². The third kappa shape index (κ3) is 3.21. The summed E-state index contributed by atoms with van der Waals surface area (Å²) in [6.07, 6.45) is 0.648. The number of fused-ring (bicyclic) bond motifs is 1. The number of nitriles is 1. The van der Waals surface area contributed by atoms with Crippen LogP contribution in [0.15, 0.2) is 30.3 Å². The highest BCUT2D eigenvalue weighted by atomic mass is 16.5. The fourth-order valence-electron chi connectivity index (χ4n) is 1.89.